The second kappa shape index (κ2) is 6.41. The predicted octanol–water partition coefficient (Wildman–Crippen LogP) is -0.111. The van der Waals surface area contributed by atoms with Crippen LogP contribution in [0.1, 0.15) is 25.7 Å². The fourth-order valence-corrected chi connectivity index (χ4v) is 3.98. The molecule has 0 spiro atoms. The summed E-state index contributed by atoms with van der Waals surface area (Å²) in [6.07, 6.45) is 4.34. The Labute approximate surface area is 120 Å². The summed E-state index contributed by atoms with van der Waals surface area (Å²) in [7, 11) is -3.14. The van der Waals surface area contributed by atoms with Crippen molar-refractivity contribution in [3.8, 4) is 0 Å². The van der Waals surface area contributed by atoms with Crippen molar-refractivity contribution < 1.29 is 18.3 Å². The zero-order valence-electron chi connectivity index (χ0n) is 12.0. The van der Waals surface area contributed by atoms with Gasteiger partial charge < -0.3 is 10.0 Å². The molecule has 0 aromatic heterocycles. The highest BCUT2D eigenvalue weighted by Gasteiger charge is 2.33. The van der Waals surface area contributed by atoms with Gasteiger partial charge in [-0.2, -0.15) is 0 Å². The Morgan fingerprint density at radius 1 is 1.20 bits per heavy atom. The van der Waals surface area contributed by atoms with E-state index >= 15 is 0 Å². The minimum absolute atomic E-state index is 0.0644. The molecule has 2 aliphatic heterocycles. The van der Waals surface area contributed by atoms with E-state index in [9.17, 15) is 18.3 Å². The highest BCUT2D eigenvalue weighted by molar-refractivity contribution is 7.88. The van der Waals surface area contributed by atoms with Gasteiger partial charge in [-0.15, -0.1) is 0 Å². The first-order valence-electron chi connectivity index (χ1n) is 7.26. The molecule has 1 amide bonds. The Morgan fingerprint density at radius 2 is 1.85 bits per heavy atom. The van der Waals surface area contributed by atoms with Gasteiger partial charge in [-0.3, -0.25) is 4.79 Å². The summed E-state index contributed by atoms with van der Waals surface area (Å²) in [6, 6.07) is 0. The first-order chi connectivity index (χ1) is 9.41. The molecule has 1 atom stereocenters. The van der Waals surface area contributed by atoms with E-state index in [-0.39, 0.29) is 24.3 Å². The van der Waals surface area contributed by atoms with Crippen molar-refractivity contribution >= 4 is 15.9 Å². The van der Waals surface area contributed by atoms with Crippen LogP contribution < -0.4 is 0 Å². The van der Waals surface area contributed by atoms with Gasteiger partial charge in [0.2, 0.25) is 15.9 Å². The van der Waals surface area contributed by atoms with Gasteiger partial charge in [0.05, 0.1) is 6.26 Å². The topological polar surface area (TPSA) is 77.9 Å². The first-order valence-corrected chi connectivity index (χ1v) is 9.11. The molecule has 2 heterocycles. The zero-order chi connectivity index (χ0) is 14.8. The molecule has 0 saturated carbocycles. The number of hydrogen-bond acceptors (Lipinski definition) is 4. The van der Waals surface area contributed by atoms with Crippen LogP contribution >= 0.6 is 0 Å². The van der Waals surface area contributed by atoms with E-state index in [2.05, 4.69) is 0 Å². The lowest BCUT2D eigenvalue weighted by Crippen LogP contribution is -2.47. The van der Waals surface area contributed by atoms with Crippen molar-refractivity contribution in [1.82, 2.24) is 9.21 Å². The third kappa shape index (κ3) is 3.71. The van der Waals surface area contributed by atoms with Crippen molar-refractivity contribution in [3.05, 3.63) is 0 Å². The van der Waals surface area contributed by atoms with Crippen LogP contribution in [-0.2, 0) is 14.8 Å². The van der Waals surface area contributed by atoms with Crippen molar-refractivity contribution in [2.45, 2.75) is 25.7 Å². The summed E-state index contributed by atoms with van der Waals surface area (Å²) in [4.78, 5) is 14.3. The largest absolute Gasteiger partial charge is 0.396 e. The highest BCUT2D eigenvalue weighted by Crippen LogP contribution is 2.24. The van der Waals surface area contributed by atoms with Crippen LogP contribution in [0.5, 0.6) is 0 Å². The smallest absolute Gasteiger partial charge is 0.225 e. The van der Waals surface area contributed by atoms with E-state index in [0.717, 1.165) is 19.4 Å². The lowest BCUT2D eigenvalue weighted by molar-refractivity contribution is -0.138. The molecule has 2 fully saturated rings. The number of aliphatic hydroxyl groups excluding tert-OH is 1. The van der Waals surface area contributed by atoms with E-state index in [1.807, 2.05) is 4.90 Å². The molecule has 1 unspecified atom stereocenters. The molecule has 7 heteroatoms. The maximum Gasteiger partial charge on any atom is 0.225 e. The van der Waals surface area contributed by atoms with Crippen LogP contribution in [0.4, 0.5) is 0 Å². The molecule has 2 rings (SSSR count). The van der Waals surface area contributed by atoms with Crippen molar-refractivity contribution in [2.24, 2.45) is 11.8 Å². The number of sulfonamides is 1. The van der Waals surface area contributed by atoms with Gasteiger partial charge >= 0.3 is 0 Å². The quantitative estimate of drug-likeness (QED) is 0.789. The molecular weight excluding hydrogens is 280 g/mol. The SMILES string of the molecule is CS(=O)(=O)N1CCC(C(=O)N2CCCC(CO)C2)CC1. The van der Waals surface area contributed by atoms with Gasteiger partial charge in [0.25, 0.3) is 0 Å². The molecule has 20 heavy (non-hydrogen) atoms. The van der Waals surface area contributed by atoms with Crippen LogP contribution in [0.25, 0.3) is 0 Å². The lowest BCUT2D eigenvalue weighted by Gasteiger charge is -2.36. The molecule has 0 radical (unpaired) electrons. The molecule has 0 aromatic carbocycles. The van der Waals surface area contributed by atoms with Crippen LogP contribution in [0.2, 0.25) is 0 Å². The van der Waals surface area contributed by atoms with Crippen molar-refractivity contribution in [3.63, 3.8) is 0 Å². The van der Waals surface area contributed by atoms with Gasteiger partial charge in [0.15, 0.2) is 0 Å². The minimum Gasteiger partial charge on any atom is -0.396 e. The van der Waals surface area contributed by atoms with Gasteiger partial charge in [-0.25, -0.2) is 12.7 Å². The normalized spacial score (nSPS) is 26.7. The van der Waals surface area contributed by atoms with Gasteiger partial charge in [0.1, 0.15) is 0 Å². The van der Waals surface area contributed by atoms with E-state index in [1.165, 1.54) is 10.6 Å². The third-order valence-corrected chi connectivity index (χ3v) is 5.66. The van der Waals surface area contributed by atoms with Crippen LogP contribution in [0.3, 0.4) is 0 Å². The van der Waals surface area contributed by atoms with E-state index in [0.29, 0.717) is 32.5 Å². The number of rotatable bonds is 3. The van der Waals surface area contributed by atoms with Gasteiger partial charge in [-0.1, -0.05) is 0 Å². The number of carbonyl (C=O) groups excluding carboxylic acids is 1. The average molecular weight is 304 g/mol. The maximum absolute atomic E-state index is 12.4. The third-order valence-electron chi connectivity index (χ3n) is 4.36. The van der Waals surface area contributed by atoms with Crippen molar-refractivity contribution in [1.29, 1.82) is 0 Å². The number of likely N-dealkylation sites (tertiary alicyclic amines) is 1. The lowest BCUT2D eigenvalue weighted by atomic mass is 9.93. The van der Waals surface area contributed by atoms with E-state index in [1.54, 1.807) is 0 Å². The Kier molecular flexibility index (Phi) is 5.04. The van der Waals surface area contributed by atoms with Crippen LogP contribution in [0, 0.1) is 11.8 Å². The molecule has 1 N–H and O–H groups in total. The molecular formula is C13H24N2O4S. The number of amides is 1. The summed E-state index contributed by atoms with van der Waals surface area (Å²) in [5.74, 6) is 0.269. The standard InChI is InChI=1S/C13H24N2O4S/c1-20(18,19)15-7-4-12(5-8-15)13(17)14-6-2-3-11(9-14)10-16/h11-12,16H,2-10H2,1H3. The summed E-state index contributed by atoms with van der Waals surface area (Å²) in [5, 5.41) is 9.21. The zero-order valence-corrected chi connectivity index (χ0v) is 12.8. The van der Waals surface area contributed by atoms with Gasteiger partial charge in [0, 0.05) is 38.7 Å². The maximum atomic E-state index is 12.4. The second-order valence-electron chi connectivity index (χ2n) is 5.91. The fourth-order valence-electron chi connectivity index (χ4n) is 3.11. The van der Waals surface area contributed by atoms with Crippen molar-refractivity contribution in [2.75, 3.05) is 39.0 Å². The summed E-state index contributed by atoms with van der Waals surface area (Å²) in [6.45, 7) is 2.42. The summed E-state index contributed by atoms with van der Waals surface area (Å²) >= 11 is 0. The number of piperidine rings is 2. The average Bonchev–Trinajstić information content (AvgIpc) is 2.46. The molecule has 6 nitrogen and oxygen atoms in total. The number of nitrogens with zero attached hydrogens (tertiary/aromatic N) is 2. The summed E-state index contributed by atoms with van der Waals surface area (Å²) in [5.41, 5.74) is 0. The Morgan fingerprint density at radius 3 is 2.40 bits per heavy atom. The van der Waals surface area contributed by atoms with E-state index < -0.39 is 10.0 Å². The van der Waals surface area contributed by atoms with Crippen LogP contribution in [-0.4, -0.2) is 67.7 Å². The molecule has 116 valence electrons. The predicted molar refractivity (Wildman–Crippen MR) is 75.5 cm³/mol. The molecule has 2 aliphatic rings. The Bertz CT molecular complexity index is 443. The summed E-state index contributed by atoms with van der Waals surface area (Å²) < 4.78 is 24.3. The van der Waals surface area contributed by atoms with Crippen LogP contribution in [0.15, 0.2) is 0 Å². The Hall–Kier alpha value is -0.660. The molecule has 0 aromatic rings. The number of hydrogen-bond donors (Lipinski definition) is 1. The van der Waals surface area contributed by atoms with E-state index in [4.69, 9.17) is 0 Å². The minimum atomic E-state index is -3.14. The first kappa shape index (κ1) is 15.7. The Balaban J connectivity index is 1.88. The molecule has 0 aliphatic carbocycles. The monoisotopic (exact) mass is 304 g/mol. The number of aliphatic hydroxyl groups is 1. The molecule has 0 bridgehead atoms. The number of carbonyl (C=O) groups is 1. The molecule has 2 saturated heterocycles. The highest BCUT2D eigenvalue weighted by atomic mass is 32.2. The fraction of sp³-hybridized carbons (Fsp3) is 0.923. The van der Waals surface area contributed by atoms with Gasteiger partial charge in [-0.05, 0) is 31.6 Å². The second-order valence-corrected chi connectivity index (χ2v) is 7.89.